The number of piperidine rings is 1. The molecule has 1 heterocycles. The highest BCUT2D eigenvalue weighted by molar-refractivity contribution is 7.99. The van der Waals surface area contributed by atoms with Crippen LogP contribution in [0.15, 0.2) is 29.2 Å². The normalized spacial score (nSPS) is 17.1. The van der Waals surface area contributed by atoms with Gasteiger partial charge in [0.25, 0.3) is 0 Å². The Hall–Kier alpha value is -0.710. The second-order valence-electron chi connectivity index (χ2n) is 6.56. The van der Waals surface area contributed by atoms with Crippen LogP contribution < -0.4 is 5.32 Å². The fraction of sp³-hybridized carbons (Fsp3) is 0.667. The van der Waals surface area contributed by atoms with Gasteiger partial charge in [0, 0.05) is 48.6 Å². The molecule has 1 fully saturated rings. The van der Waals surface area contributed by atoms with Gasteiger partial charge in [-0.25, -0.2) is 0 Å². The molecule has 124 valence electrons. The molecule has 1 aromatic carbocycles. The van der Waals surface area contributed by atoms with E-state index in [1.165, 1.54) is 43.1 Å². The summed E-state index contributed by atoms with van der Waals surface area (Å²) in [4.78, 5) is 3.87. The lowest BCUT2D eigenvalue weighted by atomic mass is 10.0. The highest BCUT2D eigenvalue weighted by atomic mass is 32.2. The molecule has 1 aliphatic rings. The van der Waals surface area contributed by atoms with Crippen LogP contribution in [0.5, 0.6) is 0 Å². The first-order valence-electron chi connectivity index (χ1n) is 8.50. The zero-order chi connectivity index (χ0) is 15.8. The van der Waals surface area contributed by atoms with Gasteiger partial charge in [-0.05, 0) is 49.4 Å². The number of anilines is 1. The van der Waals surface area contributed by atoms with Crippen molar-refractivity contribution >= 4 is 17.4 Å². The Bertz CT molecular complexity index is 414. The standard InChI is InChI=1S/C18H30N2OS/c1-15(2)14-20-10-8-17(9-11-20)19-16-4-6-18(7-5-16)22-13-3-12-21/h4-7,15,17,19,21H,3,8-14H2,1-2H3. The summed E-state index contributed by atoms with van der Waals surface area (Å²) >= 11 is 1.81. The molecule has 0 atom stereocenters. The first-order valence-corrected chi connectivity index (χ1v) is 9.48. The summed E-state index contributed by atoms with van der Waals surface area (Å²) in [7, 11) is 0. The smallest absolute Gasteiger partial charge is 0.0439 e. The SMILES string of the molecule is CC(C)CN1CCC(Nc2ccc(SCCCO)cc2)CC1. The molecule has 4 heteroatoms. The average molecular weight is 323 g/mol. The summed E-state index contributed by atoms with van der Waals surface area (Å²) in [6.45, 7) is 8.53. The molecule has 0 aliphatic carbocycles. The summed E-state index contributed by atoms with van der Waals surface area (Å²) in [6.07, 6.45) is 3.33. The molecule has 3 nitrogen and oxygen atoms in total. The quantitative estimate of drug-likeness (QED) is 0.565. The molecule has 0 aromatic heterocycles. The Labute approximate surface area is 139 Å². The Morgan fingerprint density at radius 2 is 1.91 bits per heavy atom. The number of aliphatic hydroxyl groups excluding tert-OH is 1. The lowest BCUT2D eigenvalue weighted by molar-refractivity contribution is 0.198. The molecule has 1 saturated heterocycles. The average Bonchev–Trinajstić information content (AvgIpc) is 2.51. The van der Waals surface area contributed by atoms with Gasteiger partial charge in [-0.3, -0.25) is 0 Å². The van der Waals surface area contributed by atoms with Crippen LogP contribution in [0.1, 0.15) is 33.1 Å². The molecular weight excluding hydrogens is 292 g/mol. The number of likely N-dealkylation sites (tertiary alicyclic amines) is 1. The van der Waals surface area contributed by atoms with E-state index in [-0.39, 0.29) is 6.61 Å². The largest absolute Gasteiger partial charge is 0.396 e. The fourth-order valence-electron chi connectivity index (χ4n) is 2.91. The summed E-state index contributed by atoms with van der Waals surface area (Å²) < 4.78 is 0. The first-order chi connectivity index (χ1) is 10.7. The molecule has 0 unspecified atom stereocenters. The van der Waals surface area contributed by atoms with Crippen LogP contribution in [-0.4, -0.2) is 48.0 Å². The molecule has 0 spiro atoms. The number of hydrogen-bond acceptors (Lipinski definition) is 4. The molecule has 1 aliphatic heterocycles. The third-order valence-corrected chi connectivity index (χ3v) is 5.11. The number of nitrogens with zero attached hydrogens (tertiary/aromatic N) is 1. The molecule has 0 amide bonds. The minimum atomic E-state index is 0.280. The van der Waals surface area contributed by atoms with Gasteiger partial charge in [-0.1, -0.05) is 13.8 Å². The van der Waals surface area contributed by atoms with Gasteiger partial charge >= 0.3 is 0 Å². The van der Waals surface area contributed by atoms with Gasteiger partial charge < -0.3 is 15.3 Å². The van der Waals surface area contributed by atoms with E-state index in [9.17, 15) is 0 Å². The van der Waals surface area contributed by atoms with Crippen LogP contribution in [0.2, 0.25) is 0 Å². The van der Waals surface area contributed by atoms with E-state index >= 15 is 0 Å². The number of benzene rings is 1. The predicted molar refractivity (Wildman–Crippen MR) is 96.8 cm³/mol. The molecule has 0 radical (unpaired) electrons. The summed E-state index contributed by atoms with van der Waals surface area (Å²) in [5.41, 5.74) is 1.23. The minimum absolute atomic E-state index is 0.280. The van der Waals surface area contributed by atoms with Crippen molar-refractivity contribution in [3.63, 3.8) is 0 Å². The Balaban J connectivity index is 1.73. The second-order valence-corrected chi connectivity index (χ2v) is 7.73. The maximum atomic E-state index is 8.81. The maximum Gasteiger partial charge on any atom is 0.0439 e. The molecule has 2 N–H and O–H groups in total. The molecule has 1 aromatic rings. The Morgan fingerprint density at radius 1 is 1.23 bits per heavy atom. The first kappa shape index (κ1) is 17.6. The summed E-state index contributed by atoms with van der Waals surface area (Å²) in [5.74, 6) is 1.75. The van der Waals surface area contributed by atoms with E-state index in [4.69, 9.17) is 5.11 Å². The zero-order valence-corrected chi connectivity index (χ0v) is 14.7. The van der Waals surface area contributed by atoms with Crippen LogP contribution in [0.4, 0.5) is 5.69 Å². The van der Waals surface area contributed by atoms with Crippen molar-refractivity contribution in [3.05, 3.63) is 24.3 Å². The fourth-order valence-corrected chi connectivity index (χ4v) is 3.75. The Kier molecular flexibility index (Phi) is 7.56. The van der Waals surface area contributed by atoms with Crippen molar-refractivity contribution in [2.24, 2.45) is 5.92 Å². The number of nitrogens with one attached hydrogen (secondary N) is 1. The van der Waals surface area contributed by atoms with Crippen LogP contribution in [0.3, 0.4) is 0 Å². The van der Waals surface area contributed by atoms with Gasteiger partial charge in [-0.15, -0.1) is 11.8 Å². The van der Waals surface area contributed by atoms with Crippen LogP contribution >= 0.6 is 11.8 Å². The van der Waals surface area contributed by atoms with Crippen molar-refractivity contribution in [1.82, 2.24) is 4.90 Å². The third kappa shape index (κ3) is 6.19. The van der Waals surface area contributed by atoms with Crippen molar-refractivity contribution in [2.75, 3.05) is 37.3 Å². The van der Waals surface area contributed by atoms with Crippen molar-refractivity contribution < 1.29 is 5.11 Å². The van der Waals surface area contributed by atoms with Gasteiger partial charge in [-0.2, -0.15) is 0 Å². The van der Waals surface area contributed by atoms with E-state index in [0.29, 0.717) is 6.04 Å². The summed E-state index contributed by atoms with van der Waals surface area (Å²) in [5, 5.41) is 12.5. The van der Waals surface area contributed by atoms with Gasteiger partial charge in [0.15, 0.2) is 0 Å². The van der Waals surface area contributed by atoms with Gasteiger partial charge in [0.2, 0.25) is 0 Å². The molecule has 22 heavy (non-hydrogen) atoms. The minimum Gasteiger partial charge on any atom is -0.396 e. The zero-order valence-electron chi connectivity index (χ0n) is 13.9. The Morgan fingerprint density at radius 3 is 2.50 bits per heavy atom. The van der Waals surface area contributed by atoms with E-state index in [2.05, 4.69) is 48.3 Å². The number of hydrogen-bond donors (Lipinski definition) is 2. The molecule has 0 saturated carbocycles. The number of thioether (sulfide) groups is 1. The van der Waals surface area contributed by atoms with Crippen molar-refractivity contribution in [2.45, 2.75) is 44.0 Å². The lowest BCUT2D eigenvalue weighted by Crippen LogP contribution is -2.40. The lowest BCUT2D eigenvalue weighted by Gasteiger charge is -2.33. The monoisotopic (exact) mass is 322 g/mol. The van der Waals surface area contributed by atoms with E-state index < -0.39 is 0 Å². The van der Waals surface area contributed by atoms with Crippen molar-refractivity contribution in [3.8, 4) is 0 Å². The van der Waals surface area contributed by atoms with Crippen LogP contribution in [-0.2, 0) is 0 Å². The molecule has 0 bridgehead atoms. The van der Waals surface area contributed by atoms with Gasteiger partial charge in [0.05, 0.1) is 0 Å². The number of rotatable bonds is 8. The van der Waals surface area contributed by atoms with Crippen molar-refractivity contribution in [1.29, 1.82) is 0 Å². The molecule has 2 rings (SSSR count). The van der Waals surface area contributed by atoms with Crippen LogP contribution in [0.25, 0.3) is 0 Å². The number of aliphatic hydroxyl groups is 1. The maximum absolute atomic E-state index is 8.81. The van der Waals surface area contributed by atoms with E-state index in [1.807, 2.05) is 11.8 Å². The third-order valence-electron chi connectivity index (χ3n) is 4.01. The second kappa shape index (κ2) is 9.43. The van der Waals surface area contributed by atoms with E-state index in [1.54, 1.807) is 0 Å². The van der Waals surface area contributed by atoms with Crippen LogP contribution in [0, 0.1) is 5.92 Å². The molecular formula is C18H30N2OS. The van der Waals surface area contributed by atoms with Gasteiger partial charge in [0.1, 0.15) is 0 Å². The predicted octanol–water partition coefficient (Wildman–Crippen LogP) is 3.69. The van der Waals surface area contributed by atoms with E-state index in [0.717, 1.165) is 18.1 Å². The topological polar surface area (TPSA) is 35.5 Å². The highest BCUT2D eigenvalue weighted by Gasteiger charge is 2.19. The highest BCUT2D eigenvalue weighted by Crippen LogP contribution is 2.23. The summed E-state index contributed by atoms with van der Waals surface area (Å²) in [6, 6.07) is 9.33.